The second-order valence-corrected chi connectivity index (χ2v) is 15.0. The van der Waals surface area contributed by atoms with E-state index in [-0.39, 0.29) is 30.9 Å². The van der Waals surface area contributed by atoms with Crippen molar-refractivity contribution in [2.75, 3.05) is 70.8 Å². The molecule has 3 saturated heterocycles. The van der Waals surface area contributed by atoms with Crippen LogP contribution in [0.4, 0.5) is 15.3 Å². The zero-order valence-corrected chi connectivity index (χ0v) is 30.7. The van der Waals surface area contributed by atoms with E-state index in [9.17, 15) is 19.2 Å². The van der Waals surface area contributed by atoms with Gasteiger partial charge < -0.3 is 29.9 Å². The number of nitrogens with one attached hydrogen (secondary N) is 1. The fourth-order valence-electron chi connectivity index (χ4n) is 7.49. The molecule has 49 heavy (non-hydrogen) atoms. The summed E-state index contributed by atoms with van der Waals surface area (Å²) in [5.41, 5.74) is 2.85. The normalized spacial score (nSPS) is 20.7. The van der Waals surface area contributed by atoms with Gasteiger partial charge in [0.1, 0.15) is 0 Å². The number of carbonyl (C=O) groups excluding carboxylic acids is 3. The number of fused-ring (bicyclic) bond motifs is 1. The number of rotatable bonds is 8. The molecule has 4 aliphatic heterocycles. The van der Waals surface area contributed by atoms with Crippen molar-refractivity contribution in [3.63, 3.8) is 0 Å². The Bertz CT molecular complexity index is 1520. The number of para-hydroxylation sites is 1. The number of hydrogen-bond donors (Lipinski definition) is 2. The van der Waals surface area contributed by atoms with Crippen LogP contribution < -0.4 is 5.32 Å². The summed E-state index contributed by atoms with van der Waals surface area (Å²) in [6.45, 7) is 5.80. The number of anilines is 1. The molecule has 0 saturated carbocycles. The highest BCUT2D eigenvalue weighted by Gasteiger charge is 2.36. The Hall–Kier alpha value is -3.20. The maximum Gasteiger partial charge on any atom is 0.410 e. The minimum Gasteiger partial charge on any atom is -0.480 e. The van der Waals surface area contributed by atoms with E-state index in [2.05, 4.69) is 42.1 Å². The molecule has 3 fully saturated rings. The lowest BCUT2D eigenvalue weighted by Crippen LogP contribution is -2.55. The van der Waals surface area contributed by atoms with Gasteiger partial charge in [-0.25, -0.2) is 9.59 Å². The average Bonchev–Trinajstić information content (AvgIpc) is 3.27. The Labute approximate surface area is 303 Å². The molecule has 4 heterocycles. The van der Waals surface area contributed by atoms with Crippen LogP contribution >= 0.6 is 31.9 Å². The molecule has 1 atom stereocenters. The maximum atomic E-state index is 14.0. The van der Waals surface area contributed by atoms with Crippen LogP contribution in [0.3, 0.4) is 0 Å². The van der Waals surface area contributed by atoms with E-state index < -0.39 is 18.2 Å². The number of ether oxygens (including phenoxy) is 1. The largest absolute Gasteiger partial charge is 0.480 e. The van der Waals surface area contributed by atoms with Crippen LogP contribution in [-0.2, 0) is 27.2 Å². The van der Waals surface area contributed by atoms with Crippen LogP contribution in [0.25, 0.3) is 0 Å². The molecule has 2 N–H and O–H groups in total. The molecular weight excluding hydrogens is 760 g/mol. The first-order valence-corrected chi connectivity index (χ1v) is 18.7. The number of piperazine rings is 1. The predicted octanol–water partition coefficient (Wildman–Crippen LogP) is 4.51. The lowest BCUT2D eigenvalue weighted by atomic mass is 10.0. The summed E-state index contributed by atoms with van der Waals surface area (Å²) in [7, 11) is 0. The number of hydrogen-bond acceptors (Lipinski definition) is 7. The summed E-state index contributed by atoms with van der Waals surface area (Å²) in [5, 5.41) is 12.2. The Morgan fingerprint density at radius 3 is 2.20 bits per heavy atom. The molecule has 264 valence electrons. The number of carbonyl (C=O) groups is 4. The third-order valence-electron chi connectivity index (χ3n) is 10.3. The van der Waals surface area contributed by atoms with Crippen LogP contribution in [-0.4, -0.2) is 137 Å². The molecule has 0 unspecified atom stereocenters. The standard InChI is InChI=1S/C35H44Br2N6O6/c36-28-6-5-24(21-29(28)37)22-31(33(46)41-12-8-26(9-13-41)40-19-17-39(18-20-40)23-32(44)45)49-35(48)42-14-10-27(11-15-42)43-16-7-25-3-1-2-4-30(25)38-34(43)47/h1-6,21,26-27,31H,7-20,22-23H2,(H,38,47)(H,44,45)/t31-/m1/s1. The van der Waals surface area contributed by atoms with Crippen molar-refractivity contribution >= 4 is 61.5 Å². The zero-order valence-electron chi connectivity index (χ0n) is 27.6. The van der Waals surface area contributed by atoms with Crippen molar-refractivity contribution in [2.24, 2.45) is 0 Å². The van der Waals surface area contributed by atoms with Gasteiger partial charge in [0.2, 0.25) is 0 Å². The quantitative estimate of drug-likeness (QED) is 0.400. The van der Waals surface area contributed by atoms with E-state index in [0.29, 0.717) is 51.6 Å². The second-order valence-electron chi connectivity index (χ2n) is 13.3. The smallest absolute Gasteiger partial charge is 0.410 e. The van der Waals surface area contributed by atoms with Crippen LogP contribution in [0.1, 0.15) is 36.8 Å². The molecule has 0 aromatic heterocycles. The molecule has 0 bridgehead atoms. The van der Waals surface area contributed by atoms with Crippen LogP contribution in [0.5, 0.6) is 0 Å². The van der Waals surface area contributed by atoms with Crippen molar-refractivity contribution in [3.05, 3.63) is 62.5 Å². The Balaban J connectivity index is 1.05. The number of piperidine rings is 2. The van der Waals surface area contributed by atoms with Gasteiger partial charge in [-0.15, -0.1) is 0 Å². The van der Waals surface area contributed by atoms with Gasteiger partial charge in [-0.1, -0.05) is 24.3 Å². The van der Waals surface area contributed by atoms with E-state index in [1.54, 1.807) is 4.90 Å². The molecule has 0 spiro atoms. The highest BCUT2D eigenvalue weighted by molar-refractivity contribution is 9.13. The van der Waals surface area contributed by atoms with Gasteiger partial charge in [-0.2, -0.15) is 0 Å². The van der Waals surface area contributed by atoms with Gasteiger partial charge in [0.05, 0.1) is 6.54 Å². The first kappa shape index (κ1) is 35.6. The van der Waals surface area contributed by atoms with Gasteiger partial charge in [-0.05, 0) is 93.3 Å². The molecule has 14 heteroatoms. The first-order valence-electron chi connectivity index (χ1n) is 17.2. The monoisotopic (exact) mass is 802 g/mol. The number of amides is 4. The van der Waals surface area contributed by atoms with E-state index >= 15 is 0 Å². The number of aliphatic carboxylic acids is 1. The van der Waals surface area contributed by atoms with Crippen LogP contribution in [0.2, 0.25) is 0 Å². The van der Waals surface area contributed by atoms with Crippen molar-refractivity contribution in [3.8, 4) is 0 Å². The molecule has 4 aliphatic rings. The van der Waals surface area contributed by atoms with E-state index in [4.69, 9.17) is 9.84 Å². The number of likely N-dealkylation sites (tertiary alicyclic amines) is 2. The maximum absolute atomic E-state index is 14.0. The minimum atomic E-state index is -0.968. The number of nitrogens with zero attached hydrogens (tertiary/aromatic N) is 5. The number of carboxylic acid groups (broad SMARTS) is 1. The lowest BCUT2D eigenvalue weighted by molar-refractivity contribution is -0.142. The summed E-state index contributed by atoms with van der Waals surface area (Å²) in [5.74, 6) is -0.989. The Morgan fingerprint density at radius 1 is 0.837 bits per heavy atom. The minimum absolute atomic E-state index is 0.0114. The molecule has 0 radical (unpaired) electrons. The van der Waals surface area contributed by atoms with E-state index in [0.717, 1.165) is 71.2 Å². The Kier molecular flexibility index (Phi) is 11.8. The Morgan fingerprint density at radius 2 is 1.51 bits per heavy atom. The summed E-state index contributed by atoms with van der Waals surface area (Å²) in [6.07, 6.45) is 2.46. The fraction of sp³-hybridized carbons (Fsp3) is 0.543. The molecule has 2 aromatic carbocycles. The summed E-state index contributed by atoms with van der Waals surface area (Å²) < 4.78 is 7.79. The first-order chi connectivity index (χ1) is 23.6. The second kappa shape index (κ2) is 16.2. The SMILES string of the molecule is O=C(O)CN1CCN(C2CCN(C(=O)[C@@H](Cc3ccc(Br)c(Br)c3)OC(=O)N3CCC(N4CCc5ccccc5NC4=O)CC3)CC2)CC1. The van der Waals surface area contributed by atoms with E-state index in [1.807, 2.05) is 57.2 Å². The van der Waals surface area contributed by atoms with Crippen LogP contribution in [0.15, 0.2) is 51.4 Å². The van der Waals surface area contributed by atoms with Gasteiger partial charge in [0.15, 0.2) is 6.10 Å². The number of carboxylic acids is 1. The highest BCUT2D eigenvalue weighted by Crippen LogP contribution is 2.28. The van der Waals surface area contributed by atoms with Crippen LogP contribution in [0, 0.1) is 0 Å². The number of urea groups is 1. The molecular formula is C35H44Br2N6O6. The molecule has 6 rings (SSSR count). The fourth-order valence-corrected chi connectivity index (χ4v) is 8.16. The van der Waals surface area contributed by atoms with Crippen molar-refractivity contribution in [2.45, 2.75) is 56.7 Å². The topological polar surface area (TPSA) is 126 Å². The van der Waals surface area contributed by atoms with Crippen molar-refractivity contribution < 1.29 is 29.0 Å². The summed E-state index contributed by atoms with van der Waals surface area (Å²) in [6, 6.07) is 13.9. The van der Waals surface area contributed by atoms with E-state index in [1.165, 1.54) is 0 Å². The summed E-state index contributed by atoms with van der Waals surface area (Å²) >= 11 is 7.06. The zero-order chi connectivity index (χ0) is 34.5. The van der Waals surface area contributed by atoms with Gasteiger partial charge in [-0.3, -0.25) is 19.4 Å². The van der Waals surface area contributed by atoms with Gasteiger partial charge in [0.25, 0.3) is 5.91 Å². The molecule has 12 nitrogen and oxygen atoms in total. The summed E-state index contributed by atoms with van der Waals surface area (Å²) in [4.78, 5) is 61.5. The predicted molar refractivity (Wildman–Crippen MR) is 192 cm³/mol. The number of benzene rings is 2. The molecule has 0 aliphatic carbocycles. The van der Waals surface area contributed by atoms with Gasteiger partial charge >= 0.3 is 18.1 Å². The highest BCUT2D eigenvalue weighted by atomic mass is 79.9. The van der Waals surface area contributed by atoms with Crippen molar-refractivity contribution in [1.82, 2.24) is 24.5 Å². The number of halogens is 2. The van der Waals surface area contributed by atoms with Gasteiger partial charge in [0, 0.05) is 92.0 Å². The van der Waals surface area contributed by atoms with Crippen molar-refractivity contribution in [1.29, 1.82) is 0 Å². The molecule has 2 aromatic rings. The lowest BCUT2D eigenvalue weighted by Gasteiger charge is -2.43. The molecule has 4 amide bonds. The third kappa shape index (κ3) is 8.94. The average molecular weight is 805 g/mol. The third-order valence-corrected chi connectivity index (χ3v) is 12.2.